The molecule has 194 valence electrons. The number of halogens is 5. The smallest absolute Gasteiger partial charge is 0.288 e. The zero-order valence-electron chi connectivity index (χ0n) is 19.2. The largest absolute Gasteiger partial charge is 0.446 e. The Morgan fingerprint density at radius 3 is 2.43 bits per heavy atom. The van der Waals surface area contributed by atoms with Crippen LogP contribution in [0.3, 0.4) is 0 Å². The molecule has 1 aliphatic carbocycles. The van der Waals surface area contributed by atoms with Gasteiger partial charge in [0, 0.05) is 34.2 Å². The lowest BCUT2D eigenvalue weighted by atomic mass is 9.96. The van der Waals surface area contributed by atoms with Crippen LogP contribution in [0, 0.1) is 11.6 Å². The molecule has 1 N–H and O–H groups in total. The van der Waals surface area contributed by atoms with Crippen LogP contribution in [0.5, 0.6) is 0 Å². The Morgan fingerprint density at radius 2 is 1.78 bits per heavy atom. The third-order valence-corrected chi connectivity index (χ3v) is 7.70. The summed E-state index contributed by atoms with van der Waals surface area (Å²) >= 11 is -0.247. The molecule has 0 saturated carbocycles. The van der Waals surface area contributed by atoms with Gasteiger partial charge in [0.2, 0.25) is 10.0 Å². The molecule has 12 heteroatoms. The summed E-state index contributed by atoms with van der Waals surface area (Å²) in [5.41, 5.74) is -4.05. The third kappa shape index (κ3) is 6.02. The number of anilines is 1. The number of alkyl halides is 3. The van der Waals surface area contributed by atoms with E-state index in [1.54, 1.807) is 13.0 Å². The molecule has 1 heterocycles. The van der Waals surface area contributed by atoms with Crippen molar-refractivity contribution >= 4 is 38.8 Å². The van der Waals surface area contributed by atoms with Gasteiger partial charge in [0.1, 0.15) is 5.82 Å². The van der Waals surface area contributed by atoms with E-state index >= 15 is 4.39 Å². The second-order valence-electron chi connectivity index (χ2n) is 8.15. The van der Waals surface area contributed by atoms with Gasteiger partial charge in [-0.05, 0) is 54.1 Å². The van der Waals surface area contributed by atoms with E-state index < -0.39 is 44.2 Å². The van der Waals surface area contributed by atoms with Crippen molar-refractivity contribution in [3.63, 3.8) is 0 Å². The Kier molecular flexibility index (Phi) is 7.43. The Labute approximate surface area is 213 Å². The van der Waals surface area contributed by atoms with Crippen LogP contribution >= 0.6 is 11.8 Å². The number of fused-ring (bicyclic) bond motifs is 1. The molecule has 4 rings (SSSR count). The maximum absolute atomic E-state index is 15.2. The fraction of sp³-hybridized carbons (Fsp3) is 0.200. The molecule has 1 aromatic heterocycles. The van der Waals surface area contributed by atoms with Crippen molar-refractivity contribution < 1.29 is 35.2 Å². The van der Waals surface area contributed by atoms with Gasteiger partial charge in [-0.15, -0.1) is 0 Å². The molecule has 0 aliphatic heterocycles. The first-order valence-electron chi connectivity index (χ1n) is 11.0. The molecule has 5 nitrogen and oxygen atoms in total. The molecule has 3 aromatic rings. The van der Waals surface area contributed by atoms with E-state index in [0.717, 1.165) is 12.1 Å². The number of benzene rings is 2. The number of carbonyl (C=O) groups is 1. The van der Waals surface area contributed by atoms with Crippen LogP contribution in [0.15, 0.2) is 59.6 Å². The molecule has 0 amide bonds. The minimum absolute atomic E-state index is 0.00141. The van der Waals surface area contributed by atoms with E-state index in [4.69, 9.17) is 0 Å². The van der Waals surface area contributed by atoms with Gasteiger partial charge in [-0.1, -0.05) is 25.1 Å². The summed E-state index contributed by atoms with van der Waals surface area (Å²) < 4.78 is 93.8. The number of aromatic nitrogens is 1. The van der Waals surface area contributed by atoms with E-state index in [2.05, 4.69) is 4.98 Å². The first-order valence-corrected chi connectivity index (χ1v) is 13.4. The van der Waals surface area contributed by atoms with E-state index in [-0.39, 0.29) is 40.8 Å². The number of allylic oxidation sites excluding steroid dienone is 2. The van der Waals surface area contributed by atoms with Gasteiger partial charge in [0.25, 0.3) is 0 Å². The average molecular weight is 555 g/mol. The number of ketones is 1. The van der Waals surface area contributed by atoms with E-state index in [1.807, 2.05) is 4.72 Å². The molecule has 2 aromatic carbocycles. The van der Waals surface area contributed by atoms with Crippen LogP contribution in [0.1, 0.15) is 35.0 Å². The van der Waals surface area contributed by atoms with Crippen molar-refractivity contribution in [2.45, 2.75) is 30.2 Å². The Balaban J connectivity index is 1.65. The van der Waals surface area contributed by atoms with Crippen molar-refractivity contribution in [2.24, 2.45) is 0 Å². The van der Waals surface area contributed by atoms with Crippen LogP contribution in [0.4, 0.5) is 27.6 Å². The lowest BCUT2D eigenvalue weighted by Gasteiger charge is -2.13. The SMILES string of the molecule is CCCS(=O)(=O)Nc1ccc(F)c(C(=O)C2=CCc3ncc(-c4ccc(SC(F)(F)F)cc4)cc32)c1F. The molecule has 0 fully saturated rings. The topological polar surface area (TPSA) is 76.1 Å². The number of carbonyl (C=O) groups excluding carboxylic acids is 1. The summed E-state index contributed by atoms with van der Waals surface area (Å²) in [4.78, 5) is 17.6. The summed E-state index contributed by atoms with van der Waals surface area (Å²) in [7, 11) is -3.89. The Morgan fingerprint density at radius 1 is 1.08 bits per heavy atom. The number of sulfonamides is 1. The summed E-state index contributed by atoms with van der Waals surface area (Å²) in [5.74, 6) is -3.75. The summed E-state index contributed by atoms with van der Waals surface area (Å²) in [6, 6.07) is 8.86. The summed E-state index contributed by atoms with van der Waals surface area (Å²) in [6.45, 7) is 1.62. The molecular weight excluding hydrogens is 535 g/mol. The number of hydrogen-bond acceptors (Lipinski definition) is 5. The van der Waals surface area contributed by atoms with Crippen molar-refractivity contribution in [1.82, 2.24) is 4.98 Å². The predicted molar refractivity (Wildman–Crippen MR) is 132 cm³/mol. The number of thioether (sulfide) groups is 1. The van der Waals surface area contributed by atoms with Gasteiger partial charge in [0.15, 0.2) is 11.6 Å². The molecule has 0 atom stereocenters. The first kappa shape index (κ1) is 26.8. The molecule has 0 bridgehead atoms. The average Bonchev–Trinajstić information content (AvgIpc) is 3.23. The summed E-state index contributed by atoms with van der Waals surface area (Å²) in [6.07, 6.45) is 3.46. The fourth-order valence-corrected chi connectivity index (χ4v) is 5.55. The van der Waals surface area contributed by atoms with Crippen molar-refractivity contribution in [3.05, 3.63) is 83.2 Å². The standard InChI is InChI=1S/C25H19F5N2O3S2/c1-2-11-37(34,35)32-21-10-8-19(26)22(23(21)27)24(33)17-7-9-20-18(17)12-15(13-31-20)14-3-5-16(6-4-14)36-25(28,29)30/h3-8,10,12-13,32H,2,9,11H2,1H3. The molecule has 1 aliphatic rings. The van der Waals surface area contributed by atoms with Crippen LogP contribution in [0.2, 0.25) is 0 Å². The molecule has 0 spiro atoms. The highest BCUT2D eigenvalue weighted by atomic mass is 32.2. The van der Waals surface area contributed by atoms with Gasteiger partial charge < -0.3 is 0 Å². The highest BCUT2D eigenvalue weighted by molar-refractivity contribution is 8.00. The maximum atomic E-state index is 15.2. The minimum Gasteiger partial charge on any atom is -0.288 e. The maximum Gasteiger partial charge on any atom is 0.446 e. The zero-order chi connectivity index (χ0) is 27.0. The van der Waals surface area contributed by atoms with Crippen LogP contribution < -0.4 is 4.72 Å². The van der Waals surface area contributed by atoms with Gasteiger partial charge >= 0.3 is 5.51 Å². The number of rotatable bonds is 8. The van der Waals surface area contributed by atoms with Gasteiger partial charge in [-0.3, -0.25) is 14.5 Å². The predicted octanol–water partition coefficient (Wildman–Crippen LogP) is 6.61. The highest BCUT2D eigenvalue weighted by Gasteiger charge is 2.30. The molecule has 0 unspecified atom stereocenters. The molecule has 0 radical (unpaired) electrons. The van der Waals surface area contributed by atoms with E-state index in [1.165, 1.54) is 36.5 Å². The first-order chi connectivity index (χ1) is 17.4. The number of nitrogens with one attached hydrogen (secondary N) is 1. The van der Waals surface area contributed by atoms with E-state index in [9.17, 15) is 30.8 Å². The second kappa shape index (κ2) is 10.3. The van der Waals surface area contributed by atoms with Crippen LogP contribution in [-0.4, -0.2) is 30.4 Å². The van der Waals surface area contributed by atoms with E-state index in [0.29, 0.717) is 22.4 Å². The van der Waals surface area contributed by atoms with Gasteiger partial charge in [-0.2, -0.15) is 13.2 Å². The molecule has 37 heavy (non-hydrogen) atoms. The van der Waals surface area contributed by atoms with Crippen LogP contribution in [-0.2, 0) is 16.4 Å². The zero-order valence-corrected chi connectivity index (χ0v) is 20.8. The number of pyridine rings is 1. The second-order valence-corrected chi connectivity index (χ2v) is 11.1. The number of nitrogens with zero attached hydrogens (tertiary/aromatic N) is 1. The third-order valence-electron chi connectivity index (χ3n) is 5.48. The molecule has 0 saturated heterocycles. The lowest BCUT2D eigenvalue weighted by Crippen LogP contribution is -2.18. The number of hydrogen-bond donors (Lipinski definition) is 1. The van der Waals surface area contributed by atoms with Crippen molar-refractivity contribution in [2.75, 3.05) is 10.5 Å². The fourth-order valence-electron chi connectivity index (χ4n) is 3.88. The minimum atomic E-state index is -4.42. The quantitative estimate of drug-likeness (QED) is 0.193. The normalized spacial score (nSPS) is 13.3. The monoisotopic (exact) mass is 554 g/mol. The summed E-state index contributed by atoms with van der Waals surface area (Å²) in [5, 5.41) is 0. The highest BCUT2D eigenvalue weighted by Crippen LogP contribution is 2.38. The lowest BCUT2D eigenvalue weighted by molar-refractivity contribution is -0.0328. The van der Waals surface area contributed by atoms with Gasteiger partial charge in [-0.25, -0.2) is 17.2 Å². The van der Waals surface area contributed by atoms with Crippen LogP contribution in [0.25, 0.3) is 16.7 Å². The number of Topliss-reactive ketones (excluding diaryl/α,β-unsaturated/α-hetero) is 1. The van der Waals surface area contributed by atoms with Crippen molar-refractivity contribution in [3.8, 4) is 11.1 Å². The molecular formula is C25H19F5N2O3S2. The Bertz CT molecular complexity index is 1500. The van der Waals surface area contributed by atoms with Crippen molar-refractivity contribution in [1.29, 1.82) is 0 Å². The Hall–Kier alpha value is -3.25. The van der Waals surface area contributed by atoms with Gasteiger partial charge in [0.05, 0.1) is 22.7 Å².